The molecule has 1 nitrogen and oxygen atoms in total. The number of rotatable bonds is 2. The van der Waals surface area contributed by atoms with E-state index in [-0.39, 0.29) is 5.41 Å². The Labute approximate surface area is 108 Å². The maximum absolute atomic E-state index is 5.68. The Kier molecular flexibility index (Phi) is 4.24. The van der Waals surface area contributed by atoms with Gasteiger partial charge in [0.2, 0.25) is 0 Å². The molecule has 0 bridgehead atoms. The van der Waals surface area contributed by atoms with Crippen LogP contribution in [-0.2, 0) is 5.41 Å². The molecule has 0 aliphatic carbocycles. The van der Waals surface area contributed by atoms with Crippen molar-refractivity contribution in [2.24, 2.45) is 0 Å². The molecule has 0 saturated carbocycles. The predicted molar refractivity (Wildman–Crippen MR) is 71.7 cm³/mol. The monoisotopic (exact) mass is 334 g/mol. The van der Waals surface area contributed by atoms with Gasteiger partial charge in [-0.25, -0.2) is 0 Å². The lowest BCUT2D eigenvalue weighted by atomic mass is 9.86. The molecule has 0 atom stereocenters. The summed E-state index contributed by atoms with van der Waals surface area (Å²) in [5, 5.41) is 0. The fourth-order valence-electron chi connectivity index (χ4n) is 1.41. The molecule has 1 rings (SSSR count). The Bertz CT molecular complexity index is 353. The lowest BCUT2D eigenvalue weighted by molar-refractivity contribution is 0.327. The lowest BCUT2D eigenvalue weighted by Crippen LogP contribution is -2.14. The minimum Gasteiger partial charge on any atom is -0.492 e. The van der Waals surface area contributed by atoms with Crippen LogP contribution in [0.4, 0.5) is 0 Å². The van der Waals surface area contributed by atoms with Crippen LogP contribution < -0.4 is 4.74 Å². The first-order valence-corrected chi connectivity index (χ1v) is 6.57. The summed E-state index contributed by atoms with van der Waals surface area (Å²) < 4.78 is 7.76. The van der Waals surface area contributed by atoms with Crippen molar-refractivity contribution in [3.05, 3.63) is 26.6 Å². The van der Waals surface area contributed by atoms with Gasteiger partial charge >= 0.3 is 0 Å². The van der Waals surface area contributed by atoms with Crippen molar-refractivity contribution in [3.63, 3.8) is 0 Å². The quantitative estimate of drug-likeness (QED) is 0.746. The summed E-state index contributed by atoms with van der Waals surface area (Å²) in [6.07, 6.45) is 0. The molecule has 0 aromatic heterocycles. The average Bonchev–Trinajstić information content (AvgIpc) is 2.07. The molecule has 0 unspecified atom stereocenters. The zero-order chi connectivity index (χ0) is 11.6. The Hall–Kier alpha value is -0.0200. The lowest BCUT2D eigenvalue weighted by Gasteiger charge is -2.23. The molecule has 0 spiro atoms. The van der Waals surface area contributed by atoms with Gasteiger partial charge in [-0.05, 0) is 40.4 Å². The first-order valence-electron chi connectivity index (χ1n) is 4.98. The largest absolute Gasteiger partial charge is 0.492 e. The van der Waals surface area contributed by atoms with Crippen molar-refractivity contribution in [3.8, 4) is 5.75 Å². The van der Waals surface area contributed by atoms with Crippen LogP contribution >= 0.6 is 31.9 Å². The van der Waals surface area contributed by atoms with E-state index in [2.05, 4.69) is 58.7 Å². The fourth-order valence-corrected chi connectivity index (χ4v) is 2.75. The van der Waals surface area contributed by atoms with Gasteiger partial charge in [-0.15, -0.1) is 0 Å². The molecule has 84 valence electrons. The summed E-state index contributed by atoms with van der Waals surface area (Å²) in [6, 6.07) is 4.13. The minimum absolute atomic E-state index is 0.0802. The van der Waals surface area contributed by atoms with Gasteiger partial charge in [-0.1, -0.05) is 36.7 Å². The maximum Gasteiger partial charge on any atom is 0.137 e. The van der Waals surface area contributed by atoms with E-state index in [9.17, 15) is 0 Å². The Balaban J connectivity index is 3.33. The summed E-state index contributed by atoms with van der Waals surface area (Å²) >= 11 is 7.04. The van der Waals surface area contributed by atoms with E-state index in [1.807, 2.05) is 13.0 Å². The van der Waals surface area contributed by atoms with E-state index < -0.39 is 0 Å². The van der Waals surface area contributed by atoms with E-state index in [0.717, 1.165) is 14.7 Å². The second-order valence-corrected chi connectivity index (χ2v) is 6.22. The highest BCUT2D eigenvalue weighted by atomic mass is 79.9. The standard InChI is InChI=1S/C12H16Br2O/c1-5-15-11-9(12(2,3)4)6-8(13)7-10(11)14/h6-7H,5H2,1-4H3. The zero-order valence-corrected chi connectivity index (χ0v) is 12.7. The highest BCUT2D eigenvalue weighted by molar-refractivity contribution is 9.11. The third-order valence-corrected chi connectivity index (χ3v) is 3.15. The molecule has 3 heteroatoms. The molecule has 15 heavy (non-hydrogen) atoms. The second kappa shape index (κ2) is 4.88. The Morgan fingerprint density at radius 3 is 2.27 bits per heavy atom. The highest BCUT2D eigenvalue weighted by Crippen LogP contribution is 2.39. The summed E-state index contributed by atoms with van der Waals surface area (Å²) in [5.74, 6) is 0.952. The summed E-state index contributed by atoms with van der Waals surface area (Å²) in [4.78, 5) is 0. The normalized spacial score (nSPS) is 11.6. The van der Waals surface area contributed by atoms with Crippen molar-refractivity contribution in [2.45, 2.75) is 33.1 Å². The van der Waals surface area contributed by atoms with Crippen LogP contribution in [0.3, 0.4) is 0 Å². The number of ether oxygens (including phenoxy) is 1. The smallest absolute Gasteiger partial charge is 0.137 e. The van der Waals surface area contributed by atoms with E-state index in [1.54, 1.807) is 0 Å². The van der Waals surface area contributed by atoms with Gasteiger partial charge < -0.3 is 4.74 Å². The van der Waals surface area contributed by atoms with E-state index >= 15 is 0 Å². The SMILES string of the molecule is CCOc1c(Br)cc(Br)cc1C(C)(C)C. The molecule has 0 radical (unpaired) electrons. The van der Waals surface area contributed by atoms with Crippen LogP contribution in [0.25, 0.3) is 0 Å². The van der Waals surface area contributed by atoms with Crippen LogP contribution in [0.5, 0.6) is 5.75 Å². The van der Waals surface area contributed by atoms with Crippen LogP contribution in [-0.4, -0.2) is 6.61 Å². The molecule has 0 fully saturated rings. The van der Waals surface area contributed by atoms with Gasteiger partial charge in [0.05, 0.1) is 11.1 Å². The van der Waals surface area contributed by atoms with E-state index in [4.69, 9.17) is 4.74 Å². The van der Waals surface area contributed by atoms with Crippen LogP contribution in [0.15, 0.2) is 21.1 Å². The molecular weight excluding hydrogens is 320 g/mol. The predicted octanol–water partition coefficient (Wildman–Crippen LogP) is 4.91. The number of halogens is 2. The van der Waals surface area contributed by atoms with Gasteiger partial charge in [0.25, 0.3) is 0 Å². The van der Waals surface area contributed by atoms with Crippen molar-refractivity contribution in [1.82, 2.24) is 0 Å². The van der Waals surface area contributed by atoms with Gasteiger partial charge in [0.15, 0.2) is 0 Å². The molecule has 0 N–H and O–H groups in total. The molecule has 0 aliphatic heterocycles. The molecular formula is C12H16Br2O. The van der Waals surface area contributed by atoms with E-state index in [0.29, 0.717) is 6.61 Å². The van der Waals surface area contributed by atoms with Crippen LogP contribution in [0.2, 0.25) is 0 Å². The number of hydrogen-bond donors (Lipinski definition) is 0. The summed E-state index contributed by atoms with van der Waals surface area (Å²) in [7, 11) is 0. The maximum atomic E-state index is 5.68. The van der Waals surface area contributed by atoms with Gasteiger partial charge in [0, 0.05) is 10.0 Å². The highest BCUT2D eigenvalue weighted by Gasteiger charge is 2.21. The first-order chi connectivity index (χ1) is 6.86. The third-order valence-electron chi connectivity index (χ3n) is 2.11. The Morgan fingerprint density at radius 1 is 1.20 bits per heavy atom. The van der Waals surface area contributed by atoms with Crippen molar-refractivity contribution >= 4 is 31.9 Å². The second-order valence-electron chi connectivity index (χ2n) is 4.45. The Morgan fingerprint density at radius 2 is 1.80 bits per heavy atom. The molecule has 1 aromatic rings. The number of hydrogen-bond acceptors (Lipinski definition) is 1. The molecule has 0 aliphatic rings. The van der Waals surface area contributed by atoms with Crippen LogP contribution in [0, 0.1) is 0 Å². The zero-order valence-electron chi connectivity index (χ0n) is 9.53. The topological polar surface area (TPSA) is 9.23 Å². The van der Waals surface area contributed by atoms with Gasteiger partial charge in [0.1, 0.15) is 5.75 Å². The minimum atomic E-state index is 0.0802. The van der Waals surface area contributed by atoms with Crippen molar-refractivity contribution < 1.29 is 4.74 Å². The van der Waals surface area contributed by atoms with Gasteiger partial charge in [-0.2, -0.15) is 0 Å². The van der Waals surface area contributed by atoms with Gasteiger partial charge in [-0.3, -0.25) is 0 Å². The van der Waals surface area contributed by atoms with Crippen molar-refractivity contribution in [2.75, 3.05) is 6.61 Å². The van der Waals surface area contributed by atoms with E-state index in [1.165, 1.54) is 5.56 Å². The van der Waals surface area contributed by atoms with Crippen LogP contribution in [0.1, 0.15) is 33.3 Å². The average molecular weight is 336 g/mol. The number of benzene rings is 1. The summed E-state index contributed by atoms with van der Waals surface area (Å²) in [6.45, 7) is 9.24. The molecule has 0 amide bonds. The molecule has 1 aromatic carbocycles. The molecule has 0 heterocycles. The summed E-state index contributed by atoms with van der Waals surface area (Å²) in [5.41, 5.74) is 1.29. The first kappa shape index (κ1) is 13.0. The fraction of sp³-hybridized carbons (Fsp3) is 0.500. The third kappa shape index (κ3) is 3.22. The van der Waals surface area contributed by atoms with Crippen molar-refractivity contribution in [1.29, 1.82) is 0 Å². The molecule has 0 saturated heterocycles.